The lowest BCUT2D eigenvalue weighted by Gasteiger charge is -2.08. The summed E-state index contributed by atoms with van der Waals surface area (Å²) in [4.78, 5) is 1.22. The highest BCUT2D eigenvalue weighted by molar-refractivity contribution is 7.99. The first-order valence-electron chi connectivity index (χ1n) is 6.67. The van der Waals surface area contributed by atoms with Crippen LogP contribution >= 0.6 is 11.8 Å². The molecule has 0 spiro atoms. The predicted octanol–water partition coefficient (Wildman–Crippen LogP) is 4.63. The number of hydrogen-bond donors (Lipinski definition) is 1. The third-order valence-electron chi connectivity index (χ3n) is 3.22. The zero-order valence-electron chi connectivity index (χ0n) is 11.2. The third kappa shape index (κ3) is 2.60. The Morgan fingerprint density at radius 2 is 1.85 bits per heavy atom. The van der Waals surface area contributed by atoms with E-state index in [4.69, 9.17) is 4.42 Å². The molecule has 0 saturated carbocycles. The molecule has 2 aromatic carbocycles. The fourth-order valence-electron chi connectivity index (χ4n) is 2.21. The summed E-state index contributed by atoms with van der Waals surface area (Å²) in [6.45, 7) is 2.13. The van der Waals surface area contributed by atoms with Gasteiger partial charge in [0.15, 0.2) is 0 Å². The van der Waals surface area contributed by atoms with Gasteiger partial charge in [0.1, 0.15) is 17.4 Å². The number of aliphatic hydroxyl groups excluding tert-OH is 1. The minimum absolute atomic E-state index is 0.585. The molecule has 1 atom stereocenters. The lowest BCUT2D eigenvalue weighted by Crippen LogP contribution is -1.97. The van der Waals surface area contributed by atoms with Gasteiger partial charge in [0.2, 0.25) is 0 Å². The van der Waals surface area contributed by atoms with Crippen LogP contribution in [0.2, 0.25) is 0 Å². The van der Waals surface area contributed by atoms with Crippen LogP contribution in [-0.4, -0.2) is 10.9 Å². The van der Waals surface area contributed by atoms with E-state index in [2.05, 4.69) is 6.92 Å². The van der Waals surface area contributed by atoms with Crippen molar-refractivity contribution in [3.63, 3.8) is 0 Å². The zero-order valence-corrected chi connectivity index (χ0v) is 12.1. The maximum absolute atomic E-state index is 10.4. The summed E-state index contributed by atoms with van der Waals surface area (Å²) in [6, 6.07) is 17.7. The van der Waals surface area contributed by atoms with E-state index in [1.54, 1.807) is 11.8 Å². The molecule has 0 saturated heterocycles. The lowest BCUT2D eigenvalue weighted by atomic mass is 10.1. The van der Waals surface area contributed by atoms with E-state index < -0.39 is 6.10 Å². The van der Waals surface area contributed by atoms with Gasteiger partial charge in [0.05, 0.1) is 0 Å². The molecular formula is C17H16O2S. The SMILES string of the molecule is CCSc1ccc(C(O)c2cc3ccccc3o2)cc1. The van der Waals surface area contributed by atoms with Crippen LogP contribution in [0.25, 0.3) is 11.0 Å². The summed E-state index contributed by atoms with van der Waals surface area (Å²) in [6.07, 6.45) is -0.719. The van der Waals surface area contributed by atoms with E-state index in [9.17, 15) is 5.11 Å². The van der Waals surface area contributed by atoms with Crippen molar-refractivity contribution >= 4 is 22.7 Å². The van der Waals surface area contributed by atoms with E-state index in [0.717, 1.165) is 22.3 Å². The highest BCUT2D eigenvalue weighted by atomic mass is 32.2. The topological polar surface area (TPSA) is 33.4 Å². The quantitative estimate of drug-likeness (QED) is 0.709. The maximum Gasteiger partial charge on any atom is 0.138 e. The van der Waals surface area contributed by atoms with E-state index in [-0.39, 0.29) is 0 Å². The molecule has 2 nitrogen and oxygen atoms in total. The van der Waals surface area contributed by atoms with Gasteiger partial charge in [-0.15, -0.1) is 11.8 Å². The van der Waals surface area contributed by atoms with Crippen molar-refractivity contribution in [2.45, 2.75) is 17.9 Å². The first-order chi connectivity index (χ1) is 9.78. The number of aliphatic hydroxyl groups is 1. The molecule has 0 bridgehead atoms. The van der Waals surface area contributed by atoms with Gasteiger partial charge >= 0.3 is 0 Å². The number of benzene rings is 2. The summed E-state index contributed by atoms with van der Waals surface area (Å²) in [5, 5.41) is 11.4. The van der Waals surface area contributed by atoms with Crippen LogP contribution in [0.3, 0.4) is 0 Å². The second-order valence-corrected chi connectivity index (χ2v) is 5.93. The Morgan fingerprint density at radius 3 is 2.55 bits per heavy atom. The summed E-state index contributed by atoms with van der Waals surface area (Å²) in [5.74, 6) is 1.63. The van der Waals surface area contributed by atoms with Crippen molar-refractivity contribution in [1.82, 2.24) is 0 Å². The number of para-hydroxylation sites is 1. The Hall–Kier alpha value is -1.71. The highest BCUT2D eigenvalue weighted by Gasteiger charge is 2.15. The normalized spacial score (nSPS) is 12.7. The van der Waals surface area contributed by atoms with Crippen molar-refractivity contribution in [3.05, 3.63) is 65.9 Å². The fraction of sp³-hybridized carbons (Fsp3) is 0.176. The molecule has 20 heavy (non-hydrogen) atoms. The molecule has 0 aliphatic carbocycles. The highest BCUT2D eigenvalue weighted by Crippen LogP contribution is 2.29. The van der Waals surface area contributed by atoms with Crippen LogP contribution in [0.5, 0.6) is 0 Å². The molecular weight excluding hydrogens is 268 g/mol. The number of thioether (sulfide) groups is 1. The molecule has 0 amide bonds. The molecule has 0 fully saturated rings. The molecule has 3 aromatic rings. The molecule has 3 rings (SSSR count). The molecule has 0 aliphatic rings. The zero-order chi connectivity index (χ0) is 13.9. The summed E-state index contributed by atoms with van der Waals surface area (Å²) in [5.41, 5.74) is 1.66. The van der Waals surface area contributed by atoms with E-state index in [1.165, 1.54) is 4.90 Å². The van der Waals surface area contributed by atoms with Crippen molar-refractivity contribution in [2.75, 3.05) is 5.75 Å². The smallest absolute Gasteiger partial charge is 0.138 e. The van der Waals surface area contributed by atoms with Gasteiger partial charge in [-0.2, -0.15) is 0 Å². The van der Waals surface area contributed by atoms with Gasteiger partial charge in [0, 0.05) is 10.3 Å². The first kappa shape index (κ1) is 13.3. The molecule has 1 N–H and O–H groups in total. The maximum atomic E-state index is 10.4. The monoisotopic (exact) mass is 284 g/mol. The Balaban J connectivity index is 1.89. The van der Waals surface area contributed by atoms with Gasteiger partial charge in [-0.3, -0.25) is 0 Å². The number of rotatable bonds is 4. The van der Waals surface area contributed by atoms with Gasteiger partial charge < -0.3 is 9.52 Å². The third-order valence-corrected chi connectivity index (χ3v) is 4.12. The predicted molar refractivity (Wildman–Crippen MR) is 83.1 cm³/mol. The number of fused-ring (bicyclic) bond motifs is 1. The van der Waals surface area contributed by atoms with Crippen LogP contribution in [0, 0.1) is 0 Å². The molecule has 0 aliphatic heterocycles. The van der Waals surface area contributed by atoms with Gasteiger partial charge in [-0.1, -0.05) is 37.3 Å². The number of furan rings is 1. The summed E-state index contributed by atoms with van der Waals surface area (Å²) < 4.78 is 5.71. The van der Waals surface area contributed by atoms with E-state index in [1.807, 2.05) is 54.6 Å². The Labute approximate surface area is 122 Å². The fourth-order valence-corrected chi connectivity index (χ4v) is 2.88. The Bertz CT molecular complexity index is 667. The second kappa shape index (κ2) is 5.73. The van der Waals surface area contributed by atoms with Crippen LogP contribution < -0.4 is 0 Å². The number of hydrogen-bond acceptors (Lipinski definition) is 3. The molecule has 1 aromatic heterocycles. The molecule has 1 heterocycles. The van der Waals surface area contributed by atoms with Crippen molar-refractivity contribution in [1.29, 1.82) is 0 Å². The second-order valence-electron chi connectivity index (χ2n) is 4.59. The molecule has 3 heteroatoms. The van der Waals surface area contributed by atoms with Gasteiger partial charge in [-0.25, -0.2) is 0 Å². The minimum Gasteiger partial charge on any atom is -0.458 e. The summed E-state index contributed by atoms with van der Waals surface area (Å²) >= 11 is 1.79. The minimum atomic E-state index is -0.719. The average molecular weight is 284 g/mol. The average Bonchev–Trinajstić information content (AvgIpc) is 2.91. The van der Waals surface area contributed by atoms with Crippen LogP contribution in [0.1, 0.15) is 24.4 Å². The van der Waals surface area contributed by atoms with Gasteiger partial charge in [0.25, 0.3) is 0 Å². The standard InChI is InChI=1S/C17H16O2S/c1-2-20-14-9-7-12(8-10-14)17(18)16-11-13-5-3-4-6-15(13)19-16/h3-11,17-18H,2H2,1H3. The van der Waals surface area contributed by atoms with Crippen LogP contribution in [0.15, 0.2) is 63.9 Å². The van der Waals surface area contributed by atoms with E-state index in [0.29, 0.717) is 5.76 Å². The molecule has 1 unspecified atom stereocenters. The first-order valence-corrected chi connectivity index (χ1v) is 7.66. The van der Waals surface area contributed by atoms with Crippen molar-refractivity contribution < 1.29 is 9.52 Å². The Morgan fingerprint density at radius 1 is 1.10 bits per heavy atom. The molecule has 102 valence electrons. The summed E-state index contributed by atoms with van der Waals surface area (Å²) in [7, 11) is 0. The Kier molecular flexibility index (Phi) is 3.81. The van der Waals surface area contributed by atoms with Crippen LogP contribution in [0.4, 0.5) is 0 Å². The molecule has 0 radical (unpaired) electrons. The lowest BCUT2D eigenvalue weighted by molar-refractivity contribution is 0.192. The van der Waals surface area contributed by atoms with E-state index >= 15 is 0 Å². The van der Waals surface area contributed by atoms with Crippen molar-refractivity contribution in [2.24, 2.45) is 0 Å². The van der Waals surface area contributed by atoms with Gasteiger partial charge in [-0.05, 0) is 35.6 Å². The largest absolute Gasteiger partial charge is 0.458 e. The van der Waals surface area contributed by atoms with Crippen LogP contribution in [-0.2, 0) is 0 Å². The van der Waals surface area contributed by atoms with Crippen molar-refractivity contribution in [3.8, 4) is 0 Å².